The van der Waals surface area contributed by atoms with Gasteiger partial charge in [0, 0.05) is 23.0 Å². The van der Waals surface area contributed by atoms with E-state index in [2.05, 4.69) is 16.2 Å². The Labute approximate surface area is 196 Å². The van der Waals surface area contributed by atoms with Gasteiger partial charge in [-0.3, -0.25) is 9.59 Å². The Hall–Kier alpha value is -4.39. The number of amides is 2. The van der Waals surface area contributed by atoms with E-state index in [9.17, 15) is 9.59 Å². The summed E-state index contributed by atoms with van der Waals surface area (Å²) in [5.74, 6) is 1.14. The molecule has 2 amide bonds. The number of aromatic nitrogens is 1. The second kappa shape index (κ2) is 8.19. The van der Waals surface area contributed by atoms with Gasteiger partial charge >= 0.3 is 0 Å². The quantitative estimate of drug-likeness (QED) is 0.476. The number of para-hydroxylation sites is 2. The second-order valence-electron chi connectivity index (χ2n) is 8.50. The molecule has 1 N–H and O–H groups in total. The van der Waals surface area contributed by atoms with E-state index in [4.69, 9.17) is 4.74 Å². The van der Waals surface area contributed by atoms with Gasteiger partial charge in [-0.15, -0.1) is 0 Å². The maximum atomic E-state index is 13.3. The number of ether oxygens (including phenoxy) is 1. The molecule has 0 saturated carbocycles. The van der Waals surface area contributed by atoms with Crippen molar-refractivity contribution in [2.45, 2.75) is 19.0 Å². The molecule has 2 aliphatic rings. The highest BCUT2D eigenvalue weighted by Gasteiger charge is 2.43. The van der Waals surface area contributed by atoms with Crippen molar-refractivity contribution in [3.05, 3.63) is 95.7 Å². The molecule has 0 unspecified atom stereocenters. The first-order valence-electron chi connectivity index (χ1n) is 11.2. The van der Waals surface area contributed by atoms with E-state index in [1.165, 1.54) is 5.01 Å². The Morgan fingerprint density at radius 2 is 1.71 bits per heavy atom. The summed E-state index contributed by atoms with van der Waals surface area (Å²) in [4.78, 5) is 31.3. The fraction of sp³-hybridized carbons (Fsp3) is 0.148. The van der Waals surface area contributed by atoms with Crippen LogP contribution in [0.15, 0.2) is 84.0 Å². The van der Waals surface area contributed by atoms with Crippen LogP contribution < -0.4 is 4.74 Å². The smallest absolute Gasteiger partial charge is 0.266 e. The van der Waals surface area contributed by atoms with E-state index in [1.807, 2.05) is 72.8 Å². The molecule has 3 heterocycles. The highest BCUT2D eigenvalue weighted by atomic mass is 16.5. The summed E-state index contributed by atoms with van der Waals surface area (Å²) >= 11 is 0. The largest absolute Gasteiger partial charge is 0.457 e. The number of nitrogens with zero attached hydrogens (tertiary/aromatic N) is 3. The number of carbonyl (C=O) groups is 2. The number of piperazine rings is 1. The fourth-order valence-electron chi connectivity index (χ4n) is 4.68. The summed E-state index contributed by atoms with van der Waals surface area (Å²) in [6.07, 6.45) is 2.08. The molecular weight excluding hydrogens is 428 g/mol. The van der Waals surface area contributed by atoms with Crippen LogP contribution in [0.2, 0.25) is 0 Å². The zero-order chi connectivity index (χ0) is 23.1. The van der Waals surface area contributed by atoms with Crippen molar-refractivity contribution < 1.29 is 14.3 Å². The van der Waals surface area contributed by atoms with Crippen molar-refractivity contribution >= 4 is 28.9 Å². The number of rotatable bonds is 4. The summed E-state index contributed by atoms with van der Waals surface area (Å²) in [5, 5.41) is 6.77. The van der Waals surface area contributed by atoms with Gasteiger partial charge in [-0.05, 0) is 41.5 Å². The standard InChI is InChI=1S/C27H22N4O3/c32-26-17-31(28-15-18-7-6-10-20(13-18)34-19-8-2-1-3-9-19)27(33)25-14-22-21-11-4-5-12-23(21)29-24(22)16-30(25)26/h1-13,15,25,29H,14,16-17H2/t25-/m1/s1. The molecule has 34 heavy (non-hydrogen) atoms. The highest BCUT2D eigenvalue weighted by Crippen LogP contribution is 2.32. The number of benzene rings is 3. The van der Waals surface area contributed by atoms with Crippen molar-refractivity contribution in [2.75, 3.05) is 6.54 Å². The van der Waals surface area contributed by atoms with Crippen LogP contribution in [0, 0.1) is 0 Å². The molecule has 7 heteroatoms. The fourth-order valence-corrected chi connectivity index (χ4v) is 4.68. The number of aromatic amines is 1. The molecule has 1 saturated heterocycles. The van der Waals surface area contributed by atoms with Crippen molar-refractivity contribution in [1.29, 1.82) is 0 Å². The van der Waals surface area contributed by atoms with Crippen LogP contribution in [0.5, 0.6) is 11.5 Å². The number of H-pyrrole nitrogens is 1. The summed E-state index contributed by atoms with van der Waals surface area (Å²) in [5.41, 5.74) is 3.92. The van der Waals surface area contributed by atoms with Gasteiger partial charge < -0.3 is 14.6 Å². The molecule has 168 valence electrons. The molecule has 7 nitrogen and oxygen atoms in total. The maximum Gasteiger partial charge on any atom is 0.266 e. The molecule has 3 aromatic carbocycles. The molecule has 6 rings (SSSR count). The molecule has 4 aromatic rings. The lowest BCUT2D eigenvalue weighted by atomic mass is 9.94. The number of hydrogen-bond donors (Lipinski definition) is 1. The maximum absolute atomic E-state index is 13.3. The first kappa shape index (κ1) is 20.2. The Morgan fingerprint density at radius 3 is 2.59 bits per heavy atom. The van der Waals surface area contributed by atoms with Crippen LogP contribution in [0.3, 0.4) is 0 Å². The summed E-state index contributed by atoms with van der Waals surface area (Å²) in [7, 11) is 0. The zero-order valence-electron chi connectivity index (χ0n) is 18.3. The van der Waals surface area contributed by atoms with Gasteiger partial charge in [0.15, 0.2) is 0 Å². The Morgan fingerprint density at radius 1 is 0.912 bits per heavy atom. The van der Waals surface area contributed by atoms with Crippen molar-refractivity contribution in [3.8, 4) is 11.5 Å². The minimum atomic E-state index is -0.544. The van der Waals surface area contributed by atoms with E-state index >= 15 is 0 Å². The van der Waals surface area contributed by atoms with Crippen molar-refractivity contribution in [1.82, 2.24) is 14.9 Å². The van der Waals surface area contributed by atoms with Gasteiger partial charge in [-0.2, -0.15) is 5.10 Å². The second-order valence-corrected chi connectivity index (χ2v) is 8.50. The van der Waals surface area contributed by atoms with Crippen molar-refractivity contribution in [3.63, 3.8) is 0 Å². The van der Waals surface area contributed by atoms with E-state index in [-0.39, 0.29) is 18.4 Å². The Balaban J connectivity index is 1.22. The molecule has 1 aromatic heterocycles. The number of carbonyl (C=O) groups excluding carboxylic acids is 2. The molecule has 1 fully saturated rings. The highest BCUT2D eigenvalue weighted by molar-refractivity contribution is 5.97. The van der Waals surface area contributed by atoms with Gasteiger partial charge in [0.2, 0.25) is 5.91 Å². The summed E-state index contributed by atoms with van der Waals surface area (Å²) in [6.45, 7) is 0.345. The molecule has 0 aliphatic carbocycles. The van der Waals surface area contributed by atoms with Crippen LogP contribution in [-0.2, 0) is 22.6 Å². The Kier molecular flexibility index (Phi) is 4.87. The van der Waals surface area contributed by atoms with E-state index in [1.54, 1.807) is 11.1 Å². The molecule has 0 bridgehead atoms. The molecule has 2 aliphatic heterocycles. The molecular formula is C27H22N4O3. The predicted molar refractivity (Wildman–Crippen MR) is 129 cm³/mol. The lowest BCUT2D eigenvalue weighted by molar-refractivity contribution is -0.157. The first-order valence-corrected chi connectivity index (χ1v) is 11.2. The topological polar surface area (TPSA) is 78.0 Å². The van der Waals surface area contributed by atoms with Crippen LogP contribution in [0.25, 0.3) is 10.9 Å². The van der Waals surface area contributed by atoms with E-state index in [0.29, 0.717) is 18.7 Å². The molecule has 1 atom stereocenters. The van der Waals surface area contributed by atoms with Gasteiger partial charge in [-0.25, -0.2) is 5.01 Å². The first-order chi connectivity index (χ1) is 16.7. The van der Waals surface area contributed by atoms with Crippen LogP contribution in [-0.4, -0.2) is 45.5 Å². The van der Waals surface area contributed by atoms with Gasteiger partial charge in [-0.1, -0.05) is 48.5 Å². The van der Waals surface area contributed by atoms with Gasteiger partial charge in [0.25, 0.3) is 5.91 Å². The number of hydrogen-bond acceptors (Lipinski definition) is 4. The van der Waals surface area contributed by atoms with Crippen LogP contribution >= 0.6 is 0 Å². The third-order valence-electron chi connectivity index (χ3n) is 6.33. The van der Waals surface area contributed by atoms with Gasteiger partial charge in [0.1, 0.15) is 24.1 Å². The Bertz CT molecular complexity index is 1430. The number of nitrogens with one attached hydrogen (secondary N) is 1. The van der Waals surface area contributed by atoms with Crippen LogP contribution in [0.4, 0.5) is 0 Å². The number of hydrazone groups is 1. The van der Waals surface area contributed by atoms with E-state index < -0.39 is 6.04 Å². The summed E-state index contributed by atoms with van der Waals surface area (Å²) in [6, 6.07) is 24.5. The van der Waals surface area contributed by atoms with Crippen LogP contribution in [0.1, 0.15) is 16.8 Å². The van der Waals surface area contributed by atoms with Crippen molar-refractivity contribution in [2.24, 2.45) is 5.10 Å². The number of fused-ring (bicyclic) bond motifs is 4. The lowest BCUT2D eigenvalue weighted by Gasteiger charge is -2.40. The normalized spacial score (nSPS) is 17.8. The monoisotopic (exact) mass is 450 g/mol. The zero-order valence-corrected chi connectivity index (χ0v) is 18.3. The predicted octanol–water partition coefficient (Wildman–Crippen LogP) is 4.09. The lowest BCUT2D eigenvalue weighted by Crippen LogP contribution is -2.60. The molecule has 0 spiro atoms. The SMILES string of the molecule is O=C1[C@H]2Cc3c([nH]c4ccccc34)CN2C(=O)CN1N=Cc1cccc(Oc2ccccc2)c1. The third-order valence-corrected chi connectivity index (χ3v) is 6.33. The minimum absolute atomic E-state index is 0.0679. The average Bonchev–Trinajstić information content (AvgIpc) is 3.23. The summed E-state index contributed by atoms with van der Waals surface area (Å²) < 4.78 is 5.87. The average molecular weight is 450 g/mol. The third kappa shape index (κ3) is 3.61. The minimum Gasteiger partial charge on any atom is -0.457 e. The van der Waals surface area contributed by atoms with Gasteiger partial charge in [0.05, 0.1) is 12.8 Å². The molecule has 0 radical (unpaired) electrons. The van der Waals surface area contributed by atoms with E-state index in [0.717, 1.165) is 33.5 Å².